The molecule has 0 aliphatic carbocycles. The van der Waals surface area contributed by atoms with Crippen molar-refractivity contribution in [3.63, 3.8) is 0 Å². The fourth-order valence-corrected chi connectivity index (χ4v) is 11.0. The highest BCUT2D eigenvalue weighted by atomic mass is 16.3. The maximum atomic E-state index is 7.08. The van der Waals surface area contributed by atoms with Gasteiger partial charge in [0.1, 0.15) is 5.58 Å². The van der Waals surface area contributed by atoms with Gasteiger partial charge >= 0.3 is 0 Å². The number of aromatic nitrogens is 7. The summed E-state index contributed by atoms with van der Waals surface area (Å²) in [5, 5.41) is 6.57. The van der Waals surface area contributed by atoms with E-state index >= 15 is 0 Å². The van der Waals surface area contributed by atoms with Crippen molar-refractivity contribution in [1.29, 1.82) is 0 Å². The summed E-state index contributed by atoms with van der Waals surface area (Å²) in [5.74, 6) is 1.64. The quantitative estimate of drug-likeness (QED) is 0.158. The Morgan fingerprint density at radius 3 is 1.45 bits per heavy atom. The molecule has 0 aliphatic rings. The van der Waals surface area contributed by atoms with Crippen molar-refractivity contribution in [1.82, 2.24) is 34.1 Å². The lowest BCUT2D eigenvalue weighted by atomic mass is 9.97. The molecule has 340 valence electrons. The predicted octanol–water partition coefficient (Wildman–Crippen LogP) is 16.2. The van der Waals surface area contributed by atoms with Gasteiger partial charge < -0.3 is 13.6 Å². The molecule has 5 aromatic heterocycles. The maximum Gasteiger partial charge on any atom is 0.164 e. The van der Waals surface area contributed by atoms with Crippen LogP contribution in [0.25, 0.3) is 145 Å². The highest BCUT2D eigenvalue weighted by molar-refractivity contribution is 6.39. The van der Waals surface area contributed by atoms with E-state index in [1.54, 1.807) is 0 Å². The van der Waals surface area contributed by atoms with E-state index < -0.39 is 0 Å². The second-order valence-electron chi connectivity index (χ2n) is 18.3. The maximum absolute atomic E-state index is 7.08. The standard InChI is InChI=1S/C65H39N7O/c1-5-21-40(22-6-1)58-59(67-51-33-17-16-32-50(51)66-58)45-38-37-44(39-49(45)65-69-63(41-23-7-2-8-24-41)68-64(70-65)42-25-9-3-10-26-42)72-52-34-18-13-29-46(52)55-56-48-31-15-20-36-54(48)73-62(56)61-57(60(55)72)47-30-14-19-35-53(47)71(61)43-27-11-4-12-28-43/h1-39H. The van der Waals surface area contributed by atoms with Crippen LogP contribution in [0.1, 0.15) is 0 Å². The fourth-order valence-electron chi connectivity index (χ4n) is 11.0. The molecule has 0 saturated carbocycles. The molecule has 10 aromatic carbocycles. The van der Waals surface area contributed by atoms with Crippen molar-refractivity contribution in [2.45, 2.75) is 0 Å². The minimum atomic E-state index is 0.508. The van der Waals surface area contributed by atoms with Crippen LogP contribution in [0.2, 0.25) is 0 Å². The zero-order chi connectivity index (χ0) is 48.0. The topological polar surface area (TPSA) is 87.5 Å². The number of nitrogens with zero attached hydrogens (tertiary/aromatic N) is 7. The molecule has 8 nitrogen and oxygen atoms in total. The monoisotopic (exact) mass is 933 g/mol. The molecule has 0 amide bonds. The van der Waals surface area contributed by atoms with Crippen molar-refractivity contribution in [2.24, 2.45) is 0 Å². The van der Waals surface area contributed by atoms with E-state index in [-0.39, 0.29) is 0 Å². The molecule has 15 rings (SSSR count). The van der Waals surface area contributed by atoms with Gasteiger partial charge in [-0.25, -0.2) is 24.9 Å². The van der Waals surface area contributed by atoms with Gasteiger partial charge in [-0.1, -0.05) is 176 Å². The van der Waals surface area contributed by atoms with Crippen LogP contribution in [0, 0.1) is 0 Å². The van der Waals surface area contributed by atoms with E-state index in [1.165, 1.54) is 0 Å². The first-order valence-corrected chi connectivity index (χ1v) is 24.4. The largest absolute Gasteiger partial charge is 0.454 e. The van der Waals surface area contributed by atoms with Crippen molar-refractivity contribution in [3.8, 4) is 68.1 Å². The third-order valence-electron chi connectivity index (χ3n) is 14.1. The summed E-state index contributed by atoms with van der Waals surface area (Å²) >= 11 is 0. The number of furan rings is 1. The van der Waals surface area contributed by atoms with E-state index in [0.29, 0.717) is 17.5 Å². The summed E-state index contributed by atoms with van der Waals surface area (Å²) in [7, 11) is 0. The highest BCUT2D eigenvalue weighted by Gasteiger charge is 2.29. The summed E-state index contributed by atoms with van der Waals surface area (Å²) < 4.78 is 11.9. The molecule has 0 N–H and O–H groups in total. The fraction of sp³-hybridized carbons (Fsp3) is 0. The molecule has 15 aromatic rings. The minimum absolute atomic E-state index is 0.508. The van der Waals surface area contributed by atoms with Crippen molar-refractivity contribution >= 4 is 76.6 Å². The van der Waals surface area contributed by atoms with E-state index in [1.807, 2.05) is 103 Å². The van der Waals surface area contributed by atoms with Gasteiger partial charge in [0, 0.05) is 71.5 Å². The number of hydrogen-bond acceptors (Lipinski definition) is 6. The Hall–Kier alpha value is -10.1. The van der Waals surface area contributed by atoms with Crippen LogP contribution < -0.4 is 0 Å². The molecular formula is C65H39N7O. The van der Waals surface area contributed by atoms with Gasteiger partial charge in [0.25, 0.3) is 0 Å². The lowest BCUT2D eigenvalue weighted by Gasteiger charge is -2.17. The zero-order valence-corrected chi connectivity index (χ0v) is 39.1. The third kappa shape index (κ3) is 6.37. The average molecular weight is 934 g/mol. The second-order valence-corrected chi connectivity index (χ2v) is 18.3. The van der Waals surface area contributed by atoms with Gasteiger partial charge in [0.15, 0.2) is 23.1 Å². The average Bonchev–Trinajstić information content (AvgIpc) is 4.22. The number of rotatable bonds is 7. The van der Waals surface area contributed by atoms with Crippen LogP contribution >= 0.6 is 0 Å². The van der Waals surface area contributed by atoms with Gasteiger partial charge in [-0.2, -0.15) is 0 Å². The molecule has 8 heteroatoms. The van der Waals surface area contributed by atoms with Crippen molar-refractivity contribution in [2.75, 3.05) is 0 Å². The van der Waals surface area contributed by atoms with Crippen LogP contribution in [-0.2, 0) is 0 Å². The molecule has 0 radical (unpaired) electrons. The molecule has 0 saturated heterocycles. The zero-order valence-electron chi connectivity index (χ0n) is 39.1. The lowest BCUT2D eigenvalue weighted by molar-refractivity contribution is 0.671. The third-order valence-corrected chi connectivity index (χ3v) is 14.1. The normalized spacial score (nSPS) is 11.8. The van der Waals surface area contributed by atoms with Crippen LogP contribution in [0.4, 0.5) is 0 Å². The molecule has 0 fully saturated rings. The molecule has 0 atom stereocenters. The first kappa shape index (κ1) is 40.8. The number of benzene rings is 10. The van der Waals surface area contributed by atoms with Crippen LogP contribution in [-0.4, -0.2) is 34.1 Å². The molecule has 0 bridgehead atoms. The molecule has 0 spiro atoms. The summed E-state index contributed by atoms with van der Waals surface area (Å²) in [6.45, 7) is 0. The van der Waals surface area contributed by atoms with E-state index in [0.717, 1.165) is 127 Å². The molecule has 73 heavy (non-hydrogen) atoms. The van der Waals surface area contributed by atoms with Gasteiger partial charge in [-0.05, 0) is 60.7 Å². The van der Waals surface area contributed by atoms with Crippen LogP contribution in [0.3, 0.4) is 0 Å². The number of para-hydroxylation sites is 6. The summed E-state index contributed by atoms with van der Waals surface area (Å²) in [4.78, 5) is 26.8. The lowest BCUT2D eigenvalue weighted by Crippen LogP contribution is -2.04. The molecule has 0 unspecified atom stereocenters. The van der Waals surface area contributed by atoms with Gasteiger partial charge in [0.05, 0.1) is 44.5 Å². The van der Waals surface area contributed by atoms with Gasteiger partial charge in [-0.3, -0.25) is 0 Å². The Kier molecular flexibility index (Phi) is 9.09. The number of hydrogen-bond donors (Lipinski definition) is 0. The summed E-state index contributed by atoms with van der Waals surface area (Å²) in [5.41, 5.74) is 15.3. The van der Waals surface area contributed by atoms with Crippen molar-refractivity contribution < 1.29 is 4.42 Å². The highest BCUT2D eigenvalue weighted by Crippen LogP contribution is 2.50. The Bertz CT molecular complexity index is 4600. The minimum Gasteiger partial charge on any atom is -0.454 e. The SMILES string of the molecule is c1ccc(-c2nc(-c3ccccc3)nc(-c3cc(-n4c5ccccc5c5c6c7ccccc7oc6c6c(c7ccccc7n6-c6ccccc6)c54)ccc3-c3nc4ccccc4nc3-c3ccccc3)n2)cc1. The Balaban J connectivity index is 1.12. The predicted molar refractivity (Wildman–Crippen MR) is 296 cm³/mol. The first-order valence-electron chi connectivity index (χ1n) is 24.4. The van der Waals surface area contributed by atoms with Crippen LogP contribution in [0.15, 0.2) is 241 Å². The van der Waals surface area contributed by atoms with Crippen LogP contribution in [0.5, 0.6) is 0 Å². The van der Waals surface area contributed by atoms with Gasteiger partial charge in [-0.15, -0.1) is 0 Å². The van der Waals surface area contributed by atoms with Crippen molar-refractivity contribution in [3.05, 3.63) is 237 Å². The number of fused-ring (bicyclic) bond motifs is 13. The smallest absolute Gasteiger partial charge is 0.164 e. The first-order chi connectivity index (χ1) is 36.2. The Labute approximate surface area is 417 Å². The Morgan fingerprint density at radius 2 is 0.808 bits per heavy atom. The summed E-state index contributed by atoms with van der Waals surface area (Å²) in [6, 6.07) is 81.7. The van der Waals surface area contributed by atoms with E-state index in [4.69, 9.17) is 29.3 Å². The molecular weight excluding hydrogens is 895 g/mol. The van der Waals surface area contributed by atoms with Gasteiger partial charge in [0.2, 0.25) is 0 Å². The molecule has 0 aliphatic heterocycles. The summed E-state index contributed by atoms with van der Waals surface area (Å²) in [6.07, 6.45) is 0. The van der Waals surface area contributed by atoms with E-state index in [9.17, 15) is 0 Å². The van der Waals surface area contributed by atoms with E-state index in [2.05, 4.69) is 143 Å². The second kappa shape index (κ2) is 16.3. The molecule has 5 heterocycles. The Morgan fingerprint density at radius 1 is 0.315 bits per heavy atom.